The zero-order valence-electron chi connectivity index (χ0n) is 46.5. The standard InChI is InChI=1S/C65H107NO8/c1-3-5-7-9-11-13-15-17-19-20-21-22-23-24-25-26-27-28-29-30-31-32-33-34-35-36-37-38-39-40-41-43-45-47-49-51-53-55-61(69)66-58(57-73-65-64(72)63(71)62(70)60(56-67)74-65)59(68)54-52-50-48-46-44-42-18-16-14-12-10-8-6-4-2/h5,7,11,13,17,19,21-22,24-25,27-28,30-31,33-34,36-37,39-40,43,45,58-60,62-65,67-68,70-72H,3-4,6,8-10,12,14-16,18,20,23,26,29,32,35,38,41-42,44,46-57H2,1-2H3,(H,66,69)/b7-5-,13-11-,19-17-,22-21-,25-24-,28-27-,31-30-,34-33-,37-36-,40-39-,45-43-. The van der Waals surface area contributed by atoms with Crippen molar-refractivity contribution in [2.24, 2.45) is 0 Å². The van der Waals surface area contributed by atoms with Crippen molar-refractivity contribution in [3.8, 4) is 0 Å². The first kappa shape index (κ1) is 68.3. The lowest BCUT2D eigenvalue weighted by Crippen LogP contribution is -2.60. The highest BCUT2D eigenvalue weighted by atomic mass is 16.7. The third-order valence-electron chi connectivity index (χ3n) is 13.0. The molecule has 74 heavy (non-hydrogen) atoms. The van der Waals surface area contributed by atoms with E-state index in [1.54, 1.807) is 0 Å². The number of aliphatic hydroxyl groups excluding tert-OH is 5. The van der Waals surface area contributed by atoms with Crippen molar-refractivity contribution in [3.63, 3.8) is 0 Å². The molecule has 1 aliphatic rings. The number of unbranched alkanes of at least 4 members (excludes halogenated alkanes) is 16. The lowest BCUT2D eigenvalue weighted by molar-refractivity contribution is -0.302. The molecule has 1 heterocycles. The normalized spacial score (nSPS) is 20.0. The van der Waals surface area contributed by atoms with Gasteiger partial charge in [0, 0.05) is 6.42 Å². The highest BCUT2D eigenvalue weighted by Crippen LogP contribution is 2.23. The van der Waals surface area contributed by atoms with Crippen LogP contribution >= 0.6 is 0 Å². The van der Waals surface area contributed by atoms with Crippen molar-refractivity contribution in [1.29, 1.82) is 0 Å². The molecule has 0 radical (unpaired) electrons. The largest absolute Gasteiger partial charge is 0.394 e. The molecule has 420 valence electrons. The van der Waals surface area contributed by atoms with E-state index in [1.807, 2.05) is 0 Å². The fourth-order valence-corrected chi connectivity index (χ4v) is 8.40. The molecule has 1 amide bonds. The third kappa shape index (κ3) is 41.6. The Morgan fingerprint density at radius 3 is 1.23 bits per heavy atom. The Hall–Kier alpha value is -3.67. The maximum absolute atomic E-state index is 13.0. The number of allylic oxidation sites excluding steroid dienone is 22. The van der Waals surface area contributed by atoms with Crippen LogP contribution in [0.3, 0.4) is 0 Å². The molecule has 9 nitrogen and oxygen atoms in total. The predicted octanol–water partition coefficient (Wildman–Crippen LogP) is 14.9. The molecule has 1 aliphatic heterocycles. The molecule has 6 N–H and O–H groups in total. The van der Waals surface area contributed by atoms with Gasteiger partial charge < -0.3 is 40.3 Å². The summed E-state index contributed by atoms with van der Waals surface area (Å²) >= 11 is 0. The van der Waals surface area contributed by atoms with Gasteiger partial charge in [0.15, 0.2) is 6.29 Å². The molecule has 9 heteroatoms. The molecule has 0 saturated carbocycles. The minimum atomic E-state index is -1.57. The summed E-state index contributed by atoms with van der Waals surface area (Å²) in [5.41, 5.74) is 0. The van der Waals surface area contributed by atoms with Crippen molar-refractivity contribution in [2.75, 3.05) is 13.2 Å². The summed E-state index contributed by atoms with van der Waals surface area (Å²) in [4.78, 5) is 13.0. The van der Waals surface area contributed by atoms with Crippen LogP contribution in [-0.4, -0.2) is 87.5 Å². The molecule has 0 bridgehead atoms. The molecule has 7 unspecified atom stereocenters. The molecule has 1 rings (SSSR count). The summed E-state index contributed by atoms with van der Waals surface area (Å²) in [5, 5.41) is 54.6. The van der Waals surface area contributed by atoms with E-state index < -0.39 is 49.5 Å². The Kier molecular flexibility index (Phi) is 48.7. The average Bonchev–Trinajstić information content (AvgIpc) is 3.40. The van der Waals surface area contributed by atoms with Gasteiger partial charge in [-0.05, 0) is 96.3 Å². The first-order valence-corrected chi connectivity index (χ1v) is 29.4. The van der Waals surface area contributed by atoms with E-state index in [1.165, 1.54) is 70.6 Å². The number of hydrogen-bond acceptors (Lipinski definition) is 8. The van der Waals surface area contributed by atoms with Gasteiger partial charge in [-0.15, -0.1) is 0 Å². The topological polar surface area (TPSA) is 149 Å². The molecular weight excluding hydrogens is 923 g/mol. The monoisotopic (exact) mass is 1030 g/mol. The molecule has 0 aromatic rings. The van der Waals surface area contributed by atoms with Crippen LogP contribution in [0.5, 0.6) is 0 Å². The summed E-state index contributed by atoms with van der Waals surface area (Å²) in [6.45, 7) is 3.69. The summed E-state index contributed by atoms with van der Waals surface area (Å²) in [6.07, 6.45) is 73.4. The smallest absolute Gasteiger partial charge is 0.220 e. The number of carbonyl (C=O) groups excluding carboxylic acids is 1. The number of nitrogens with one attached hydrogen (secondary N) is 1. The van der Waals surface area contributed by atoms with E-state index >= 15 is 0 Å². The van der Waals surface area contributed by atoms with E-state index in [4.69, 9.17) is 9.47 Å². The zero-order chi connectivity index (χ0) is 53.6. The van der Waals surface area contributed by atoms with Gasteiger partial charge in [0.1, 0.15) is 24.4 Å². The van der Waals surface area contributed by atoms with E-state index in [-0.39, 0.29) is 12.5 Å². The van der Waals surface area contributed by atoms with Crippen LogP contribution < -0.4 is 5.32 Å². The van der Waals surface area contributed by atoms with Crippen LogP contribution in [0.2, 0.25) is 0 Å². The molecule has 1 fully saturated rings. The number of ether oxygens (including phenoxy) is 2. The van der Waals surface area contributed by atoms with Crippen LogP contribution in [0, 0.1) is 0 Å². The van der Waals surface area contributed by atoms with Crippen molar-refractivity contribution < 1.29 is 39.8 Å². The van der Waals surface area contributed by atoms with Crippen molar-refractivity contribution >= 4 is 5.91 Å². The Labute approximate surface area is 451 Å². The number of rotatable bonds is 48. The van der Waals surface area contributed by atoms with Gasteiger partial charge in [0.05, 0.1) is 25.4 Å². The second kappa shape index (κ2) is 52.8. The second-order valence-corrected chi connectivity index (χ2v) is 19.7. The average molecular weight is 1030 g/mol. The molecular formula is C65H107NO8. The van der Waals surface area contributed by atoms with Gasteiger partial charge >= 0.3 is 0 Å². The van der Waals surface area contributed by atoms with E-state index in [9.17, 15) is 30.3 Å². The Balaban J connectivity index is 2.22. The highest BCUT2D eigenvalue weighted by Gasteiger charge is 2.44. The van der Waals surface area contributed by atoms with Gasteiger partial charge in [-0.1, -0.05) is 244 Å². The van der Waals surface area contributed by atoms with E-state index in [0.717, 1.165) is 116 Å². The maximum Gasteiger partial charge on any atom is 0.220 e. The minimum Gasteiger partial charge on any atom is -0.394 e. The minimum absolute atomic E-state index is 0.160. The van der Waals surface area contributed by atoms with Crippen LogP contribution in [0.25, 0.3) is 0 Å². The molecule has 0 aliphatic carbocycles. The number of amides is 1. The lowest BCUT2D eigenvalue weighted by Gasteiger charge is -2.40. The fraction of sp³-hybridized carbons (Fsp3) is 0.646. The molecule has 0 aromatic carbocycles. The van der Waals surface area contributed by atoms with Crippen LogP contribution in [0.4, 0.5) is 0 Å². The van der Waals surface area contributed by atoms with Crippen molar-refractivity contribution in [3.05, 3.63) is 134 Å². The number of carbonyl (C=O) groups is 1. The van der Waals surface area contributed by atoms with Gasteiger partial charge in [0.25, 0.3) is 0 Å². The van der Waals surface area contributed by atoms with Crippen molar-refractivity contribution in [1.82, 2.24) is 5.32 Å². The lowest BCUT2D eigenvalue weighted by atomic mass is 9.99. The SMILES string of the molecule is CC/C=C\C/C=C\C/C=C\C/C=C\C/C=C\C/C=C\C/C=C\C/C=C\C/C=C\C/C=C\C/C=C\CCCCCC(=O)NC(COC1OC(CO)C(O)C(O)C1O)C(O)CCCCCCCCCCCCCCCC. The first-order valence-electron chi connectivity index (χ1n) is 29.4. The summed E-state index contributed by atoms with van der Waals surface area (Å²) in [6, 6.07) is -0.746. The zero-order valence-corrected chi connectivity index (χ0v) is 46.5. The Morgan fingerprint density at radius 1 is 0.473 bits per heavy atom. The second-order valence-electron chi connectivity index (χ2n) is 19.7. The van der Waals surface area contributed by atoms with Gasteiger partial charge in [-0.25, -0.2) is 0 Å². The van der Waals surface area contributed by atoms with Crippen LogP contribution in [-0.2, 0) is 14.3 Å². The Bertz CT molecular complexity index is 1620. The molecule has 7 atom stereocenters. The first-order chi connectivity index (χ1) is 36.3. The molecule has 1 saturated heterocycles. The van der Waals surface area contributed by atoms with Gasteiger partial charge in [-0.2, -0.15) is 0 Å². The number of hydrogen-bond donors (Lipinski definition) is 6. The van der Waals surface area contributed by atoms with Gasteiger partial charge in [0.2, 0.25) is 5.91 Å². The number of aliphatic hydroxyl groups is 5. The highest BCUT2D eigenvalue weighted by molar-refractivity contribution is 5.76. The van der Waals surface area contributed by atoms with E-state index in [0.29, 0.717) is 12.8 Å². The maximum atomic E-state index is 13.0. The van der Waals surface area contributed by atoms with Crippen LogP contribution in [0.1, 0.15) is 213 Å². The summed E-state index contributed by atoms with van der Waals surface area (Å²) in [5.74, 6) is -0.182. The summed E-state index contributed by atoms with van der Waals surface area (Å²) in [7, 11) is 0. The molecule has 0 aromatic heterocycles. The van der Waals surface area contributed by atoms with Crippen molar-refractivity contribution in [2.45, 2.75) is 256 Å². The predicted molar refractivity (Wildman–Crippen MR) is 313 cm³/mol. The quantitative estimate of drug-likeness (QED) is 0.0261. The Morgan fingerprint density at radius 2 is 0.838 bits per heavy atom. The summed E-state index contributed by atoms with van der Waals surface area (Å²) < 4.78 is 11.3. The fourth-order valence-electron chi connectivity index (χ4n) is 8.40. The third-order valence-corrected chi connectivity index (χ3v) is 13.0. The van der Waals surface area contributed by atoms with Gasteiger partial charge in [-0.3, -0.25) is 4.79 Å². The molecule has 0 spiro atoms. The van der Waals surface area contributed by atoms with E-state index in [2.05, 4.69) is 153 Å². The van der Waals surface area contributed by atoms with Crippen LogP contribution in [0.15, 0.2) is 134 Å².